The van der Waals surface area contributed by atoms with E-state index in [-0.39, 0.29) is 24.6 Å². The van der Waals surface area contributed by atoms with E-state index < -0.39 is 6.10 Å². The van der Waals surface area contributed by atoms with E-state index in [0.29, 0.717) is 24.2 Å². The van der Waals surface area contributed by atoms with Crippen molar-refractivity contribution >= 4 is 5.97 Å². The van der Waals surface area contributed by atoms with Gasteiger partial charge in [-0.2, -0.15) is 0 Å². The maximum absolute atomic E-state index is 11.4. The first-order chi connectivity index (χ1) is 10.5. The Balaban J connectivity index is 1.63. The van der Waals surface area contributed by atoms with Gasteiger partial charge in [0.15, 0.2) is 0 Å². The van der Waals surface area contributed by atoms with Crippen molar-refractivity contribution in [3.05, 3.63) is 23.8 Å². The third-order valence-corrected chi connectivity index (χ3v) is 5.43. The molecule has 0 aromatic rings. The van der Waals surface area contributed by atoms with E-state index >= 15 is 0 Å². The molecule has 1 saturated heterocycles. The minimum atomic E-state index is -0.546. The lowest BCUT2D eigenvalue weighted by atomic mass is 9.67. The molecule has 0 bridgehead atoms. The molecule has 3 rings (SSSR count). The molecule has 4 heteroatoms. The van der Waals surface area contributed by atoms with Gasteiger partial charge in [0.2, 0.25) is 0 Å². The monoisotopic (exact) mass is 306 g/mol. The Labute approximate surface area is 131 Å². The van der Waals surface area contributed by atoms with Crippen molar-refractivity contribution in [2.24, 2.45) is 17.8 Å². The fourth-order valence-electron chi connectivity index (χ4n) is 4.24. The molecule has 1 aliphatic heterocycles. The van der Waals surface area contributed by atoms with Crippen LogP contribution in [0.2, 0.25) is 0 Å². The van der Waals surface area contributed by atoms with Gasteiger partial charge in [-0.25, -0.2) is 0 Å². The first kappa shape index (κ1) is 15.8. The predicted molar refractivity (Wildman–Crippen MR) is 83.0 cm³/mol. The molecule has 0 spiro atoms. The van der Waals surface area contributed by atoms with Gasteiger partial charge in [-0.05, 0) is 49.0 Å². The number of carbonyl (C=O) groups excluding carboxylic acids is 1. The number of aliphatic hydroxyl groups is 2. The quantitative estimate of drug-likeness (QED) is 0.786. The summed E-state index contributed by atoms with van der Waals surface area (Å²) in [5.74, 6) is 1.26. The van der Waals surface area contributed by atoms with Crippen molar-refractivity contribution in [2.45, 2.75) is 63.8 Å². The molecule has 1 unspecified atom stereocenters. The van der Waals surface area contributed by atoms with Gasteiger partial charge in [-0.3, -0.25) is 4.79 Å². The summed E-state index contributed by atoms with van der Waals surface area (Å²) in [5, 5.41) is 19.5. The zero-order chi connectivity index (χ0) is 15.7. The van der Waals surface area contributed by atoms with E-state index in [2.05, 4.69) is 19.1 Å². The summed E-state index contributed by atoms with van der Waals surface area (Å²) < 4.78 is 5.36. The number of aliphatic hydroxyl groups excluding tert-OH is 2. The van der Waals surface area contributed by atoms with Crippen LogP contribution in [0.3, 0.4) is 0 Å². The normalized spacial score (nSPS) is 41.6. The average molecular weight is 306 g/mol. The van der Waals surface area contributed by atoms with Gasteiger partial charge in [0, 0.05) is 6.42 Å². The molecule has 2 N–H and O–H groups in total. The molecule has 4 nitrogen and oxygen atoms in total. The largest absolute Gasteiger partial charge is 0.462 e. The molecule has 1 heterocycles. The van der Waals surface area contributed by atoms with Crippen molar-refractivity contribution < 1.29 is 19.7 Å². The highest BCUT2D eigenvalue weighted by molar-refractivity contribution is 5.70. The molecule has 3 aliphatic rings. The first-order valence-electron chi connectivity index (χ1n) is 8.48. The summed E-state index contributed by atoms with van der Waals surface area (Å²) >= 11 is 0. The van der Waals surface area contributed by atoms with Crippen molar-refractivity contribution in [3.63, 3.8) is 0 Å². The van der Waals surface area contributed by atoms with Gasteiger partial charge in [-0.15, -0.1) is 0 Å². The highest BCUT2D eigenvalue weighted by Crippen LogP contribution is 2.42. The van der Waals surface area contributed by atoms with Gasteiger partial charge >= 0.3 is 5.97 Å². The minimum Gasteiger partial charge on any atom is -0.462 e. The number of hydrogen-bond acceptors (Lipinski definition) is 4. The molecular weight excluding hydrogens is 280 g/mol. The third-order valence-electron chi connectivity index (χ3n) is 5.43. The molecule has 6 atom stereocenters. The lowest BCUT2D eigenvalue weighted by Crippen LogP contribution is -2.34. The second kappa shape index (κ2) is 6.55. The van der Waals surface area contributed by atoms with Crippen molar-refractivity contribution in [1.82, 2.24) is 0 Å². The fourth-order valence-corrected chi connectivity index (χ4v) is 4.24. The number of allylic oxidation sites excluding steroid dienone is 3. The summed E-state index contributed by atoms with van der Waals surface area (Å²) in [7, 11) is 0. The average Bonchev–Trinajstić information content (AvgIpc) is 2.45. The zero-order valence-corrected chi connectivity index (χ0v) is 13.1. The van der Waals surface area contributed by atoms with Crippen LogP contribution in [-0.4, -0.2) is 34.5 Å². The highest BCUT2D eigenvalue weighted by atomic mass is 16.5. The highest BCUT2D eigenvalue weighted by Gasteiger charge is 2.35. The second-order valence-electron chi connectivity index (χ2n) is 7.08. The number of ether oxygens (including phenoxy) is 1. The topological polar surface area (TPSA) is 66.8 Å². The number of rotatable bonds is 3. The number of hydrogen-bond donors (Lipinski definition) is 2. The third kappa shape index (κ3) is 3.44. The summed E-state index contributed by atoms with van der Waals surface area (Å²) in [4.78, 5) is 11.4. The van der Waals surface area contributed by atoms with Gasteiger partial charge in [0.05, 0.1) is 18.6 Å². The molecule has 0 aromatic carbocycles. The minimum absolute atomic E-state index is 0.131. The Morgan fingerprint density at radius 2 is 2.09 bits per heavy atom. The van der Waals surface area contributed by atoms with E-state index in [1.807, 2.05) is 6.08 Å². The molecular formula is C18H26O4. The van der Waals surface area contributed by atoms with Crippen molar-refractivity contribution in [1.29, 1.82) is 0 Å². The zero-order valence-electron chi connectivity index (χ0n) is 13.1. The van der Waals surface area contributed by atoms with E-state index in [1.165, 1.54) is 5.57 Å². The van der Waals surface area contributed by atoms with Crippen LogP contribution in [0.4, 0.5) is 0 Å². The maximum atomic E-state index is 11.4. The Morgan fingerprint density at radius 1 is 1.27 bits per heavy atom. The van der Waals surface area contributed by atoms with Crippen LogP contribution in [0.5, 0.6) is 0 Å². The summed E-state index contributed by atoms with van der Waals surface area (Å²) in [6.07, 6.45) is 9.76. The standard InChI is InChI=1S/C18H26O4/c1-11-2-3-12-8-13(19)4-6-17(12)16(11)7-5-15-9-14(20)10-18(21)22-15/h2-3,8,11,13-17,19-20H,4-7,9-10H2,1H3/t11-,13-,14+,15+,16-,17?/m0/s1. The Kier molecular flexibility index (Phi) is 4.69. The molecule has 122 valence electrons. The number of cyclic esters (lactones) is 1. The number of esters is 1. The Bertz CT molecular complexity index is 481. The fraction of sp³-hybridized carbons (Fsp3) is 0.722. The second-order valence-corrected chi connectivity index (χ2v) is 7.08. The summed E-state index contributed by atoms with van der Waals surface area (Å²) in [5.41, 5.74) is 1.27. The molecule has 2 aliphatic carbocycles. The van der Waals surface area contributed by atoms with Crippen LogP contribution in [0.1, 0.15) is 45.4 Å². The predicted octanol–water partition coefficient (Wildman–Crippen LogP) is 2.35. The van der Waals surface area contributed by atoms with Crippen molar-refractivity contribution in [3.8, 4) is 0 Å². The Morgan fingerprint density at radius 3 is 2.86 bits per heavy atom. The van der Waals surface area contributed by atoms with Gasteiger partial charge in [-0.1, -0.05) is 25.2 Å². The SMILES string of the molecule is C[C@H]1C=CC2=C[C@@H](O)CCC2[C@H]1CC[C@@H]1C[C@@H](O)CC(=O)O1. The van der Waals surface area contributed by atoms with E-state index in [9.17, 15) is 15.0 Å². The van der Waals surface area contributed by atoms with Gasteiger partial charge in [0.1, 0.15) is 6.10 Å². The van der Waals surface area contributed by atoms with Crippen LogP contribution in [0.25, 0.3) is 0 Å². The molecule has 0 amide bonds. The van der Waals surface area contributed by atoms with E-state index in [0.717, 1.165) is 25.7 Å². The van der Waals surface area contributed by atoms with Crippen LogP contribution >= 0.6 is 0 Å². The Hall–Kier alpha value is -1.13. The molecule has 1 fully saturated rings. The van der Waals surface area contributed by atoms with Gasteiger partial charge < -0.3 is 14.9 Å². The van der Waals surface area contributed by atoms with Crippen LogP contribution in [-0.2, 0) is 9.53 Å². The molecule has 0 radical (unpaired) electrons. The van der Waals surface area contributed by atoms with E-state index in [1.54, 1.807) is 0 Å². The summed E-state index contributed by atoms with van der Waals surface area (Å²) in [6, 6.07) is 0. The summed E-state index contributed by atoms with van der Waals surface area (Å²) in [6.45, 7) is 2.24. The molecule has 0 aromatic heterocycles. The number of carbonyl (C=O) groups is 1. The lowest BCUT2D eigenvalue weighted by Gasteiger charge is -2.39. The van der Waals surface area contributed by atoms with Crippen LogP contribution < -0.4 is 0 Å². The van der Waals surface area contributed by atoms with Crippen molar-refractivity contribution in [2.75, 3.05) is 0 Å². The first-order valence-corrected chi connectivity index (χ1v) is 8.48. The van der Waals surface area contributed by atoms with Gasteiger partial charge in [0.25, 0.3) is 0 Å². The molecule has 0 saturated carbocycles. The lowest BCUT2D eigenvalue weighted by molar-refractivity contribution is -0.160. The van der Waals surface area contributed by atoms with E-state index in [4.69, 9.17) is 4.74 Å². The smallest absolute Gasteiger partial charge is 0.308 e. The van der Waals surface area contributed by atoms with Crippen LogP contribution in [0.15, 0.2) is 23.8 Å². The maximum Gasteiger partial charge on any atom is 0.308 e. The number of fused-ring (bicyclic) bond motifs is 1. The van der Waals surface area contributed by atoms with Crippen LogP contribution in [0, 0.1) is 17.8 Å². The molecule has 22 heavy (non-hydrogen) atoms.